The number of unbranched alkanes of at least 4 members (excludes halogenated alkanes) is 1. The largest absolute Gasteiger partial charge is 0.573 e. The van der Waals surface area contributed by atoms with E-state index in [0.717, 1.165) is 36.1 Å². The monoisotopic (exact) mass is 1040 g/mol. The summed E-state index contributed by atoms with van der Waals surface area (Å²) in [5.41, 5.74) is 2.11. The highest BCUT2D eigenvalue weighted by Gasteiger charge is 2.34. The van der Waals surface area contributed by atoms with Crippen molar-refractivity contribution < 1.29 is 78.2 Å². The van der Waals surface area contributed by atoms with Crippen LogP contribution >= 0.6 is 0 Å². The van der Waals surface area contributed by atoms with Gasteiger partial charge < -0.3 is 38.6 Å². The van der Waals surface area contributed by atoms with Crippen LogP contribution in [0.4, 0.5) is 24.5 Å². The van der Waals surface area contributed by atoms with Crippen molar-refractivity contribution in [3.8, 4) is 34.5 Å². The zero-order valence-corrected chi connectivity index (χ0v) is 40.5. The smallest absolute Gasteiger partial charge is 0.494 e. The molecule has 0 aliphatic heterocycles. The molecule has 16 nitrogen and oxygen atoms in total. The molecule has 0 spiro atoms. The lowest BCUT2D eigenvalue weighted by atomic mass is 10.1. The van der Waals surface area contributed by atoms with Crippen molar-refractivity contribution in [1.29, 1.82) is 0 Å². The van der Waals surface area contributed by atoms with Gasteiger partial charge in [-0.1, -0.05) is 61.9 Å². The fraction of sp³-hybridized carbons (Fsp3) is 0.255. The molecule has 6 rings (SSSR count). The minimum absolute atomic E-state index is 0.0199. The summed E-state index contributed by atoms with van der Waals surface area (Å²) in [6.45, 7) is 3.55. The van der Waals surface area contributed by atoms with Gasteiger partial charge in [-0.15, -0.1) is 13.2 Å². The summed E-state index contributed by atoms with van der Waals surface area (Å²) in [4.78, 5) is 21.1. The first-order chi connectivity index (χ1) is 34.4. The number of carboxylic acids is 2. The summed E-state index contributed by atoms with van der Waals surface area (Å²) in [6.07, 6.45) is -2.35. The molecule has 0 atom stereocenters. The predicted octanol–water partition coefficient (Wildman–Crippen LogP) is 10.0. The normalized spacial score (nSPS) is 11.3. The standard InChI is InChI=1S/C27H31NO7S.C24H22F3NO7S/c1-2-3-18-33-24-13-15-25(16-14-24)36(31,32)28-22-9-11-23(12-10-22)34-19-20-35-26-7-5-4-6-21(26)8-17-27(29)30;25-24(26,27)35-21-7-3-4-8-22(21)36(31,32)28-18-10-12-19(13-11-18)33-15-16-34-20-6-2-1-5-17(20)9-14-23(29)30/h4-7,9-16,28H,2-3,8,17-20H2,1H3,(H,29,30);1-8,10-13,28H,9,14-16H2,(H,29,30). The number of aryl methyl sites for hydroxylation is 2. The minimum Gasteiger partial charge on any atom is -0.494 e. The Morgan fingerprint density at radius 2 is 0.889 bits per heavy atom. The molecule has 0 fully saturated rings. The summed E-state index contributed by atoms with van der Waals surface area (Å²) < 4.78 is 125. The Bertz CT molecular complexity index is 2890. The van der Waals surface area contributed by atoms with Crippen molar-refractivity contribution in [2.45, 2.75) is 61.6 Å². The van der Waals surface area contributed by atoms with Crippen molar-refractivity contribution >= 4 is 43.4 Å². The van der Waals surface area contributed by atoms with Crippen LogP contribution in [0.15, 0.2) is 155 Å². The molecule has 21 heteroatoms. The number of aliphatic carboxylic acids is 2. The van der Waals surface area contributed by atoms with Crippen molar-refractivity contribution in [2.24, 2.45) is 0 Å². The highest BCUT2D eigenvalue weighted by molar-refractivity contribution is 7.93. The van der Waals surface area contributed by atoms with E-state index in [1.807, 2.05) is 18.2 Å². The molecular formula is C51H53F3N2O14S2. The van der Waals surface area contributed by atoms with Gasteiger partial charge in [0, 0.05) is 24.2 Å². The molecule has 6 aromatic rings. The average Bonchev–Trinajstić information content (AvgIpc) is 3.34. The van der Waals surface area contributed by atoms with E-state index in [0.29, 0.717) is 53.9 Å². The molecule has 6 aromatic carbocycles. The van der Waals surface area contributed by atoms with Crippen LogP contribution in [-0.2, 0) is 42.5 Å². The molecular weight excluding hydrogens is 986 g/mol. The fourth-order valence-electron chi connectivity index (χ4n) is 6.40. The van der Waals surface area contributed by atoms with Crippen LogP contribution in [0.3, 0.4) is 0 Å². The Morgan fingerprint density at radius 1 is 0.500 bits per heavy atom. The Morgan fingerprint density at radius 3 is 1.33 bits per heavy atom. The van der Waals surface area contributed by atoms with Gasteiger partial charge in [0.1, 0.15) is 65.8 Å². The second kappa shape index (κ2) is 27.1. The third-order valence-electron chi connectivity index (χ3n) is 9.86. The van der Waals surface area contributed by atoms with E-state index in [1.54, 1.807) is 66.7 Å². The summed E-state index contributed by atoms with van der Waals surface area (Å²) in [7, 11) is -8.10. The Labute approximate surface area is 415 Å². The van der Waals surface area contributed by atoms with Gasteiger partial charge in [-0.2, -0.15) is 0 Å². The molecule has 0 radical (unpaired) electrons. The SMILES string of the molecule is CCCCOc1ccc(S(=O)(=O)Nc2ccc(OCCOc3ccccc3CCC(=O)O)cc2)cc1.O=C(O)CCc1ccccc1OCCOc1ccc(NS(=O)(=O)c2ccccc2OC(F)(F)F)cc1. The molecule has 0 unspecified atom stereocenters. The molecule has 384 valence electrons. The maximum Gasteiger partial charge on any atom is 0.573 e. The van der Waals surface area contributed by atoms with Crippen LogP contribution in [0.25, 0.3) is 0 Å². The molecule has 72 heavy (non-hydrogen) atoms. The van der Waals surface area contributed by atoms with Crippen LogP contribution in [0.1, 0.15) is 43.7 Å². The van der Waals surface area contributed by atoms with E-state index < -0.39 is 49.0 Å². The number of sulfonamides is 2. The highest BCUT2D eigenvalue weighted by Crippen LogP contribution is 2.31. The third-order valence-corrected chi connectivity index (χ3v) is 12.7. The van der Waals surface area contributed by atoms with Crippen molar-refractivity contribution in [3.63, 3.8) is 0 Å². The first-order valence-corrected chi connectivity index (χ1v) is 25.3. The van der Waals surface area contributed by atoms with E-state index in [2.05, 4.69) is 21.1 Å². The maximum atomic E-state index is 12.7. The van der Waals surface area contributed by atoms with Crippen LogP contribution in [0.5, 0.6) is 34.5 Å². The summed E-state index contributed by atoms with van der Waals surface area (Å²) >= 11 is 0. The quantitative estimate of drug-likeness (QED) is 0.0353. The Hall–Kier alpha value is -7.65. The second-order valence-corrected chi connectivity index (χ2v) is 18.7. The number of alkyl halides is 3. The first-order valence-electron chi connectivity index (χ1n) is 22.3. The maximum absolute atomic E-state index is 12.7. The minimum atomic E-state index is -5.05. The van der Waals surface area contributed by atoms with E-state index in [1.165, 1.54) is 48.5 Å². The molecule has 4 N–H and O–H groups in total. The van der Waals surface area contributed by atoms with E-state index in [-0.39, 0.29) is 49.9 Å². The Balaban J connectivity index is 0.000000267. The van der Waals surface area contributed by atoms with Crippen molar-refractivity contribution in [2.75, 3.05) is 42.5 Å². The average molecular weight is 1040 g/mol. The van der Waals surface area contributed by atoms with Crippen LogP contribution in [0.2, 0.25) is 0 Å². The molecule has 0 aliphatic rings. The lowest BCUT2D eigenvalue weighted by molar-refractivity contribution is -0.275. The first kappa shape index (κ1) is 55.3. The summed E-state index contributed by atoms with van der Waals surface area (Å²) in [6, 6.07) is 37.5. The molecule has 0 saturated carbocycles. The number of carboxylic acid groups (broad SMARTS) is 2. The number of rotatable bonds is 27. The van der Waals surface area contributed by atoms with Crippen molar-refractivity contribution in [1.82, 2.24) is 0 Å². The van der Waals surface area contributed by atoms with Gasteiger partial charge in [0.05, 0.1) is 11.5 Å². The molecule has 0 saturated heterocycles. The number of ether oxygens (including phenoxy) is 6. The Kier molecular flexibility index (Phi) is 20.8. The van der Waals surface area contributed by atoms with Gasteiger partial charge in [0.2, 0.25) is 0 Å². The van der Waals surface area contributed by atoms with Crippen LogP contribution < -0.4 is 37.9 Å². The van der Waals surface area contributed by atoms with Gasteiger partial charge in [0.15, 0.2) is 0 Å². The molecule has 0 bridgehead atoms. The summed E-state index contributed by atoms with van der Waals surface area (Å²) in [5.74, 6) is 0.186. The van der Waals surface area contributed by atoms with E-state index in [9.17, 15) is 39.6 Å². The molecule has 0 heterocycles. The number of para-hydroxylation sites is 3. The second-order valence-electron chi connectivity index (χ2n) is 15.3. The zero-order chi connectivity index (χ0) is 52.0. The lowest BCUT2D eigenvalue weighted by Gasteiger charge is -2.15. The van der Waals surface area contributed by atoms with E-state index >= 15 is 0 Å². The topological polar surface area (TPSA) is 222 Å². The number of anilines is 2. The van der Waals surface area contributed by atoms with Gasteiger partial charge in [-0.25, -0.2) is 16.8 Å². The lowest BCUT2D eigenvalue weighted by Crippen LogP contribution is -2.20. The van der Waals surface area contributed by atoms with Crippen molar-refractivity contribution in [3.05, 3.63) is 157 Å². The van der Waals surface area contributed by atoms with Gasteiger partial charge in [-0.05, 0) is 127 Å². The summed E-state index contributed by atoms with van der Waals surface area (Å²) in [5, 5.41) is 17.7. The number of halogens is 3. The molecule has 0 aliphatic carbocycles. The number of hydrogen-bond acceptors (Lipinski definition) is 12. The number of carbonyl (C=O) groups is 2. The van der Waals surface area contributed by atoms with Gasteiger partial charge in [0.25, 0.3) is 20.0 Å². The third kappa shape index (κ3) is 18.9. The molecule has 0 aromatic heterocycles. The predicted molar refractivity (Wildman–Crippen MR) is 261 cm³/mol. The van der Waals surface area contributed by atoms with Crippen LogP contribution in [-0.4, -0.2) is 78.4 Å². The van der Waals surface area contributed by atoms with E-state index in [4.69, 9.17) is 33.9 Å². The van der Waals surface area contributed by atoms with Gasteiger partial charge >= 0.3 is 18.3 Å². The zero-order valence-electron chi connectivity index (χ0n) is 38.9. The fourth-order valence-corrected chi connectivity index (χ4v) is 8.65. The molecule has 0 amide bonds. The number of nitrogens with one attached hydrogen (secondary N) is 2. The number of benzene rings is 6. The van der Waals surface area contributed by atoms with Gasteiger partial charge in [-0.3, -0.25) is 19.0 Å². The number of hydrogen-bond donors (Lipinski definition) is 4. The van der Waals surface area contributed by atoms with Crippen LogP contribution in [0, 0.1) is 0 Å². The highest BCUT2D eigenvalue weighted by atomic mass is 32.2.